The van der Waals surface area contributed by atoms with Gasteiger partial charge in [-0.15, -0.1) is 0 Å². The van der Waals surface area contributed by atoms with Crippen LogP contribution < -0.4 is 0 Å². The first-order valence-corrected chi connectivity index (χ1v) is 6.85. The van der Waals surface area contributed by atoms with Crippen molar-refractivity contribution in [2.75, 3.05) is 19.6 Å². The van der Waals surface area contributed by atoms with Crippen molar-refractivity contribution in [2.24, 2.45) is 5.92 Å². The minimum Gasteiger partial charge on any atom is -0.315 e. The third kappa shape index (κ3) is 2.25. The van der Waals surface area contributed by atoms with Crippen LogP contribution in [0.3, 0.4) is 0 Å². The minimum atomic E-state index is 0.734. The molecular formula is C14H20N4. The lowest BCUT2D eigenvalue weighted by atomic mass is 9.98. The molecule has 18 heavy (non-hydrogen) atoms. The van der Waals surface area contributed by atoms with E-state index in [-0.39, 0.29) is 0 Å². The van der Waals surface area contributed by atoms with Crippen molar-refractivity contribution in [3.05, 3.63) is 24.7 Å². The first-order chi connectivity index (χ1) is 8.86. The Hall–Kier alpha value is -1.42. The standard InChI is InChI=1S/C14H20N4/c1-2-17-8-4-5-12(9-17)10-18-11-16-13-6-3-7-15-14(13)18/h3,6-7,11-12H,2,4-5,8-10H2,1H3. The normalized spacial score (nSPS) is 21.5. The predicted octanol–water partition coefficient (Wildman–Crippen LogP) is 2.16. The van der Waals surface area contributed by atoms with Crippen molar-refractivity contribution in [3.63, 3.8) is 0 Å². The molecule has 0 amide bonds. The van der Waals surface area contributed by atoms with Crippen molar-refractivity contribution in [1.29, 1.82) is 0 Å². The van der Waals surface area contributed by atoms with Gasteiger partial charge in [-0.25, -0.2) is 9.97 Å². The summed E-state index contributed by atoms with van der Waals surface area (Å²) in [6, 6.07) is 3.97. The second-order valence-corrected chi connectivity index (χ2v) is 5.14. The molecule has 3 heterocycles. The van der Waals surface area contributed by atoms with Gasteiger partial charge in [-0.1, -0.05) is 6.92 Å². The summed E-state index contributed by atoms with van der Waals surface area (Å²) in [4.78, 5) is 11.4. The van der Waals surface area contributed by atoms with Crippen LogP contribution in [0.5, 0.6) is 0 Å². The van der Waals surface area contributed by atoms with E-state index in [1.54, 1.807) is 0 Å². The summed E-state index contributed by atoms with van der Waals surface area (Å²) in [5.74, 6) is 0.734. The lowest BCUT2D eigenvalue weighted by Crippen LogP contribution is -2.36. The zero-order valence-electron chi connectivity index (χ0n) is 10.9. The molecule has 1 unspecified atom stereocenters. The lowest BCUT2D eigenvalue weighted by Gasteiger charge is -2.31. The van der Waals surface area contributed by atoms with Crippen molar-refractivity contribution in [1.82, 2.24) is 19.4 Å². The maximum absolute atomic E-state index is 4.43. The van der Waals surface area contributed by atoms with E-state index in [4.69, 9.17) is 0 Å². The minimum absolute atomic E-state index is 0.734. The van der Waals surface area contributed by atoms with Crippen LogP contribution in [0.2, 0.25) is 0 Å². The van der Waals surface area contributed by atoms with Gasteiger partial charge in [0.05, 0.1) is 6.33 Å². The van der Waals surface area contributed by atoms with Gasteiger partial charge in [0.15, 0.2) is 5.65 Å². The van der Waals surface area contributed by atoms with Crippen LogP contribution >= 0.6 is 0 Å². The average molecular weight is 244 g/mol. The van der Waals surface area contributed by atoms with Crippen LogP contribution in [0, 0.1) is 5.92 Å². The molecule has 0 aromatic carbocycles. The molecule has 4 nitrogen and oxygen atoms in total. The molecule has 0 radical (unpaired) electrons. The summed E-state index contributed by atoms with van der Waals surface area (Å²) in [6.45, 7) is 6.93. The Morgan fingerprint density at radius 2 is 2.33 bits per heavy atom. The molecule has 0 N–H and O–H groups in total. The highest BCUT2D eigenvalue weighted by Crippen LogP contribution is 2.19. The Bertz CT molecular complexity index is 519. The first-order valence-electron chi connectivity index (χ1n) is 6.85. The van der Waals surface area contributed by atoms with Gasteiger partial charge >= 0.3 is 0 Å². The summed E-state index contributed by atoms with van der Waals surface area (Å²) >= 11 is 0. The number of piperidine rings is 1. The van der Waals surface area contributed by atoms with Gasteiger partial charge in [-0.05, 0) is 44.0 Å². The maximum Gasteiger partial charge on any atom is 0.159 e. The van der Waals surface area contributed by atoms with Crippen LogP contribution in [0.25, 0.3) is 11.2 Å². The summed E-state index contributed by atoms with van der Waals surface area (Å²) < 4.78 is 2.21. The predicted molar refractivity (Wildman–Crippen MR) is 72.4 cm³/mol. The fraction of sp³-hybridized carbons (Fsp3) is 0.571. The second-order valence-electron chi connectivity index (χ2n) is 5.14. The lowest BCUT2D eigenvalue weighted by molar-refractivity contribution is 0.170. The molecular weight excluding hydrogens is 224 g/mol. The van der Waals surface area contributed by atoms with Crippen molar-refractivity contribution < 1.29 is 0 Å². The summed E-state index contributed by atoms with van der Waals surface area (Å²) in [6.07, 6.45) is 6.42. The molecule has 1 aliphatic heterocycles. The monoisotopic (exact) mass is 244 g/mol. The van der Waals surface area contributed by atoms with Gasteiger partial charge in [-0.3, -0.25) is 0 Å². The Morgan fingerprint density at radius 3 is 3.22 bits per heavy atom. The van der Waals surface area contributed by atoms with Crippen molar-refractivity contribution in [2.45, 2.75) is 26.3 Å². The zero-order chi connectivity index (χ0) is 12.4. The molecule has 0 aliphatic carbocycles. The van der Waals surface area contributed by atoms with E-state index in [0.717, 1.165) is 23.6 Å². The van der Waals surface area contributed by atoms with E-state index in [1.165, 1.54) is 32.5 Å². The molecule has 1 atom stereocenters. The largest absolute Gasteiger partial charge is 0.315 e. The van der Waals surface area contributed by atoms with Gasteiger partial charge in [0.2, 0.25) is 0 Å². The molecule has 0 spiro atoms. The molecule has 4 heteroatoms. The van der Waals surface area contributed by atoms with E-state index >= 15 is 0 Å². The molecule has 1 aliphatic rings. The van der Waals surface area contributed by atoms with E-state index in [9.17, 15) is 0 Å². The van der Waals surface area contributed by atoms with Crippen molar-refractivity contribution >= 4 is 11.2 Å². The third-order valence-electron chi connectivity index (χ3n) is 3.88. The van der Waals surface area contributed by atoms with E-state index in [2.05, 4.69) is 26.4 Å². The van der Waals surface area contributed by atoms with Gasteiger partial charge in [0, 0.05) is 19.3 Å². The SMILES string of the molecule is CCN1CCCC(Cn2cnc3cccnc32)C1. The zero-order valence-corrected chi connectivity index (χ0v) is 10.9. The van der Waals surface area contributed by atoms with Gasteiger partial charge in [0.1, 0.15) is 5.52 Å². The van der Waals surface area contributed by atoms with Crippen LogP contribution in [-0.4, -0.2) is 39.1 Å². The highest BCUT2D eigenvalue weighted by atomic mass is 15.1. The Kier molecular flexibility index (Phi) is 3.28. The van der Waals surface area contributed by atoms with E-state index in [0.29, 0.717) is 0 Å². The first kappa shape index (κ1) is 11.7. The van der Waals surface area contributed by atoms with Gasteiger partial charge in [-0.2, -0.15) is 0 Å². The molecule has 2 aromatic heterocycles. The molecule has 3 rings (SSSR count). The number of hydrogen-bond acceptors (Lipinski definition) is 3. The van der Waals surface area contributed by atoms with Crippen LogP contribution in [0.1, 0.15) is 19.8 Å². The fourth-order valence-corrected chi connectivity index (χ4v) is 2.90. The number of pyridine rings is 1. The second kappa shape index (κ2) is 5.06. The van der Waals surface area contributed by atoms with Crippen LogP contribution in [-0.2, 0) is 6.54 Å². The topological polar surface area (TPSA) is 34.0 Å². The highest BCUT2D eigenvalue weighted by Gasteiger charge is 2.19. The van der Waals surface area contributed by atoms with Gasteiger partial charge in [0.25, 0.3) is 0 Å². The third-order valence-corrected chi connectivity index (χ3v) is 3.88. The highest BCUT2D eigenvalue weighted by molar-refractivity contribution is 5.69. The van der Waals surface area contributed by atoms with Crippen molar-refractivity contribution in [3.8, 4) is 0 Å². The van der Waals surface area contributed by atoms with Gasteiger partial charge < -0.3 is 9.47 Å². The summed E-state index contributed by atoms with van der Waals surface area (Å²) in [5, 5.41) is 0. The Labute approximate surface area is 108 Å². The summed E-state index contributed by atoms with van der Waals surface area (Å²) in [7, 11) is 0. The number of likely N-dealkylation sites (tertiary alicyclic amines) is 1. The quantitative estimate of drug-likeness (QED) is 0.829. The number of nitrogens with zero attached hydrogens (tertiary/aromatic N) is 4. The Balaban J connectivity index is 1.76. The number of rotatable bonds is 3. The molecule has 0 bridgehead atoms. The maximum atomic E-state index is 4.43. The van der Waals surface area contributed by atoms with Crippen LogP contribution in [0.4, 0.5) is 0 Å². The average Bonchev–Trinajstić information content (AvgIpc) is 2.83. The smallest absolute Gasteiger partial charge is 0.159 e. The number of aromatic nitrogens is 3. The number of hydrogen-bond donors (Lipinski definition) is 0. The van der Waals surface area contributed by atoms with Crippen LogP contribution in [0.15, 0.2) is 24.7 Å². The molecule has 1 fully saturated rings. The number of fused-ring (bicyclic) bond motifs is 1. The molecule has 0 saturated carbocycles. The fourth-order valence-electron chi connectivity index (χ4n) is 2.90. The molecule has 96 valence electrons. The molecule has 1 saturated heterocycles. The number of imidazole rings is 1. The molecule has 2 aromatic rings. The van der Waals surface area contributed by atoms with E-state index in [1.807, 2.05) is 24.7 Å². The summed E-state index contributed by atoms with van der Waals surface area (Å²) in [5.41, 5.74) is 2.02. The van der Waals surface area contributed by atoms with E-state index < -0.39 is 0 Å². The Morgan fingerprint density at radius 1 is 1.39 bits per heavy atom.